The largest absolute Gasteiger partial charge is 0.490 e. The smallest absolute Gasteiger partial charge is 0.310 e. The molecule has 0 fully saturated rings. The van der Waals surface area contributed by atoms with Gasteiger partial charge in [0.2, 0.25) is 5.91 Å². The van der Waals surface area contributed by atoms with Gasteiger partial charge in [0.05, 0.1) is 12.0 Å². The van der Waals surface area contributed by atoms with E-state index in [9.17, 15) is 14.9 Å². The number of carbonyl (C=O) groups excluding carboxylic acids is 1. The summed E-state index contributed by atoms with van der Waals surface area (Å²) < 4.78 is 5.08. The SMILES string of the molecule is CCC(=O)N1CC=C(c2ccc([N+](=O)[O-])c(OC)c2)CC1. The highest BCUT2D eigenvalue weighted by molar-refractivity contribution is 5.78. The highest BCUT2D eigenvalue weighted by Gasteiger charge is 2.19. The molecule has 6 nitrogen and oxygen atoms in total. The van der Waals surface area contributed by atoms with E-state index < -0.39 is 4.92 Å². The summed E-state index contributed by atoms with van der Waals surface area (Å²) in [4.78, 5) is 23.9. The van der Waals surface area contributed by atoms with Crippen molar-refractivity contribution in [2.24, 2.45) is 0 Å². The zero-order valence-corrected chi connectivity index (χ0v) is 12.2. The molecular formula is C15H18N2O4. The fourth-order valence-corrected chi connectivity index (χ4v) is 2.41. The predicted molar refractivity (Wildman–Crippen MR) is 79.1 cm³/mol. The van der Waals surface area contributed by atoms with E-state index in [1.807, 2.05) is 17.9 Å². The molecule has 1 aliphatic heterocycles. The van der Waals surface area contributed by atoms with E-state index >= 15 is 0 Å². The first-order valence-electron chi connectivity index (χ1n) is 6.86. The molecule has 0 atom stereocenters. The van der Waals surface area contributed by atoms with E-state index in [1.165, 1.54) is 13.2 Å². The van der Waals surface area contributed by atoms with Crippen LogP contribution in [0.5, 0.6) is 5.75 Å². The first kappa shape index (κ1) is 15.0. The van der Waals surface area contributed by atoms with E-state index in [1.54, 1.807) is 12.1 Å². The molecule has 0 radical (unpaired) electrons. The van der Waals surface area contributed by atoms with Gasteiger partial charge in [-0.1, -0.05) is 13.0 Å². The second kappa shape index (κ2) is 6.39. The summed E-state index contributed by atoms with van der Waals surface area (Å²) in [6, 6.07) is 4.86. The van der Waals surface area contributed by atoms with Gasteiger partial charge >= 0.3 is 5.69 Å². The molecule has 1 aromatic rings. The van der Waals surface area contributed by atoms with Gasteiger partial charge < -0.3 is 9.64 Å². The third-order valence-electron chi connectivity index (χ3n) is 3.61. The number of nitro benzene ring substituents is 1. The molecule has 0 aromatic heterocycles. The van der Waals surface area contributed by atoms with Gasteiger partial charge in [0.25, 0.3) is 0 Å². The van der Waals surface area contributed by atoms with Crippen molar-refractivity contribution >= 4 is 17.2 Å². The van der Waals surface area contributed by atoms with Crippen molar-refractivity contribution in [2.45, 2.75) is 19.8 Å². The van der Waals surface area contributed by atoms with Crippen LogP contribution in [0.15, 0.2) is 24.3 Å². The summed E-state index contributed by atoms with van der Waals surface area (Å²) in [7, 11) is 1.42. The van der Waals surface area contributed by atoms with E-state index in [2.05, 4.69) is 0 Å². The number of methoxy groups -OCH3 is 1. The summed E-state index contributed by atoms with van der Waals surface area (Å²) in [6.45, 7) is 3.11. The van der Waals surface area contributed by atoms with Crippen LogP contribution in [-0.2, 0) is 4.79 Å². The van der Waals surface area contributed by atoms with Gasteiger partial charge in [0.1, 0.15) is 0 Å². The molecule has 1 amide bonds. The minimum absolute atomic E-state index is 0.0413. The minimum atomic E-state index is -0.459. The molecule has 21 heavy (non-hydrogen) atoms. The molecule has 0 saturated heterocycles. The Labute approximate surface area is 123 Å². The van der Waals surface area contributed by atoms with Crippen molar-refractivity contribution in [1.82, 2.24) is 4.90 Å². The Balaban J connectivity index is 2.22. The van der Waals surface area contributed by atoms with Gasteiger partial charge in [-0.3, -0.25) is 14.9 Å². The standard InChI is InChI=1S/C15H18N2O4/c1-3-15(18)16-8-6-11(7-9-16)12-4-5-13(17(19)20)14(10-12)21-2/h4-6,10H,3,7-9H2,1-2H3. The van der Waals surface area contributed by atoms with Crippen LogP contribution < -0.4 is 4.74 Å². The van der Waals surface area contributed by atoms with E-state index in [4.69, 9.17) is 4.74 Å². The summed E-state index contributed by atoms with van der Waals surface area (Å²) in [5.41, 5.74) is 1.95. The second-order valence-electron chi connectivity index (χ2n) is 4.82. The molecule has 6 heteroatoms. The van der Waals surface area contributed by atoms with Gasteiger partial charge in [-0.15, -0.1) is 0 Å². The van der Waals surface area contributed by atoms with E-state index in [-0.39, 0.29) is 17.3 Å². The quantitative estimate of drug-likeness (QED) is 0.631. The van der Waals surface area contributed by atoms with Gasteiger partial charge in [0, 0.05) is 25.6 Å². The lowest BCUT2D eigenvalue weighted by Gasteiger charge is -2.26. The summed E-state index contributed by atoms with van der Waals surface area (Å²) >= 11 is 0. The average Bonchev–Trinajstić information content (AvgIpc) is 2.53. The van der Waals surface area contributed by atoms with Gasteiger partial charge in [0.15, 0.2) is 5.75 Å². The van der Waals surface area contributed by atoms with Gasteiger partial charge in [-0.2, -0.15) is 0 Å². The molecule has 1 aliphatic rings. The van der Waals surface area contributed by atoms with Crippen LogP contribution in [0.2, 0.25) is 0 Å². The molecule has 0 N–H and O–H groups in total. The molecule has 0 bridgehead atoms. The Morgan fingerprint density at radius 3 is 2.76 bits per heavy atom. The number of hydrogen-bond donors (Lipinski definition) is 0. The lowest BCUT2D eigenvalue weighted by molar-refractivity contribution is -0.385. The lowest BCUT2D eigenvalue weighted by atomic mass is 9.98. The summed E-state index contributed by atoms with van der Waals surface area (Å²) in [5.74, 6) is 0.400. The first-order valence-corrected chi connectivity index (χ1v) is 6.86. The number of benzene rings is 1. The Morgan fingerprint density at radius 1 is 1.48 bits per heavy atom. The highest BCUT2D eigenvalue weighted by Crippen LogP contribution is 2.32. The zero-order chi connectivity index (χ0) is 15.4. The number of carbonyl (C=O) groups is 1. The molecule has 0 aliphatic carbocycles. The van der Waals surface area contributed by atoms with E-state index in [0.29, 0.717) is 19.5 Å². The molecule has 112 valence electrons. The van der Waals surface area contributed by atoms with Crippen LogP contribution >= 0.6 is 0 Å². The fraction of sp³-hybridized carbons (Fsp3) is 0.400. The maximum absolute atomic E-state index is 11.6. The van der Waals surface area contributed by atoms with Crippen LogP contribution in [0.4, 0.5) is 5.69 Å². The first-order chi connectivity index (χ1) is 10.1. The normalized spacial score (nSPS) is 14.6. The van der Waals surface area contributed by atoms with Crippen molar-refractivity contribution in [3.05, 3.63) is 40.0 Å². The van der Waals surface area contributed by atoms with Crippen LogP contribution in [-0.4, -0.2) is 35.9 Å². The number of hydrogen-bond acceptors (Lipinski definition) is 4. The Hall–Kier alpha value is -2.37. The van der Waals surface area contributed by atoms with Crippen molar-refractivity contribution < 1.29 is 14.5 Å². The number of nitrogens with zero attached hydrogens (tertiary/aromatic N) is 2. The number of amides is 1. The topological polar surface area (TPSA) is 72.7 Å². The Morgan fingerprint density at radius 2 is 2.24 bits per heavy atom. The summed E-state index contributed by atoms with van der Waals surface area (Å²) in [5, 5.41) is 10.9. The number of ether oxygens (including phenoxy) is 1. The average molecular weight is 290 g/mol. The molecule has 2 rings (SSSR count). The summed E-state index contributed by atoms with van der Waals surface area (Å²) in [6.07, 6.45) is 3.25. The Bertz CT molecular complexity index is 595. The van der Waals surface area contributed by atoms with Gasteiger partial charge in [-0.25, -0.2) is 0 Å². The van der Waals surface area contributed by atoms with E-state index in [0.717, 1.165) is 17.6 Å². The molecule has 1 heterocycles. The van der Waals surface area contributed by atoms with Crippen LogP contribution in [0.1, 0.15) is 25.3 Å². The molecule has 0 spiro atoms. The maximum atomic E-state index is 11.6. The van der Waals surface area contributed by atoms with Crippen molar-refractivity contribution in [3.8, 4) is 5.75 Å². The van der Waals surface area contributed by atoms with Crippen molar-refractivity contribution in [2.75, 3.05) is 20.2 Å². The number of rotatable bonds is 4. The zero-order valence-electron chi connectivity index (χ0n) is 12.2. The van der Waals surface area contributed by atoms with Crippen LogP contribution in [0.3, 0.4) is 0 Å². The number of nitro groups is 1. The third kappa shape index (κ3) is 3.21. The highest BCUT2D eigenvalue weighted by atomic mass is 16.6. The van der Waals surface area contributed by atoms with Crippen molar-refractivity contribution in [3.63, 3.8) is 0 Å². The molecule has 0 unspecified atom stereocenters. The minimum Gasteiger partial charge on any atom is -0.490 e. The molecule has 0 saturated carbocycles. The second-order valence-corrected chi connectivity index (χ2v) is 4.82. The molecule has 1 aromatic carbocycles. The monoisotopic (exact) mass is 290 g/mol. The Kier molecular flexibility index (Phi) is 4.57. The van der Waals surface area contributed by atoms with Crippen molar-refractivity contribution in [1.29, 1.82) is 0 Å². The maximum Gasteiger partial charge on any atom is 0.310 e. The molecular weight excluding hydrogens is 272 g/mol. The fourth-order valence-electron chi connectivity index (χ4n) is 2.41. The van der Waals surface area contributed by atoms with Crippen LogP contribution in [0.25, 0.3) is 5.57 Å². The third-order valence-corrected chi connectivity index (χ3v) is 3.61. The predicted octanol–water partition coefficient (Wildman–Crippen LogP) is 2.63. The van der Waals surface area contributed by atoms with Gasteiger partial charge in [-0.05, 0) is 29.7 Å². The lowest BCUT2D eigenvalue weighted by Crippen LogP contribution is -2.34. The van der Waals surface area contributed by atoms with Crippen LogP contribution in [0, 0.1) is 10.1 Å².